The molecule has 76 valence electrons. The Hall–Kier alpha value is -0.650. The molecule has 0 saturated carbocycles. The number of nitrogens with zero attached hydrogens (tertiary/aromatic N) is 1. The number of rotatable bonds is 5. The summed E-state index contributed by atoms with van der Waals surface area (Å²) in [4.78, 5) is 12.9. The van der Waals surface area contributed by atoms with Crippen molar-refractivity contribution in [2.75, 3.05) is 40.6 Å². The molecule has 0 spiro atoms. The van der Waals surface area contributed by atoms with Crippen molar-refractivity contribution in [3.63, 3.8) is 0 Å². The minimum Gasteiger partial charge on any atom is -0.382 e. The summed E-state index contributed by atoms with van der Waals surface area (Å²) in [6.07, 6.45) is -0.0335. The fraction of sp³-hybridized carbons (Fsp3) is 0.875. The van der Waals surface area contributed by atoms with Crippen molar-refractivity contribution >= 4 is 5.91 Å². The molecule has 1 N–H and O–H groups in total. The molecular formula is C8H16N2O3. The summed E-state index contributed by atoms with van der Waals surface area (Å²) in [6.45, 7) is 2.16. The summed E-state index contributed by atoms with van der Waals surface area (Å²) >= 11 is 0. The Labute approximate surface area is 78.0 Å². The Bertz CT molecular complexity index is 175. The molecule has 0 aliphatic carbocycles. The molecule has 1 heterocycles. The molecule has 1 unspecified atom stereocenters. The maximum Gasteiger partial charge on any atom is 0.237 e. The zero-order valence-corrected chi connectivity index (χ0v) is 8.08. The summed E-state index contributed by atoms with van der Waals surface area (Å²) < 4.78 is 10.1. The lowest BCUT2D eigenvalue weighted by Gasteiger charge is -2.21. The van der Waals surface area contributed by atoms with Gasteiger partial charge in [-0.05, 0) is 0 Å². The van der Waals surface area contributed by atoms with Gasteiger partial charge in [-0.25, -0.2) is 0 Å². The normalized spacial score (nSPS) is 19.5. The van der Waals surface area contributed by atoms with E-state index in [9.17, 15) is 4.79 Å². The topological polar surface area (TPSA) is 50.8 Å². The van der Waals surface area contributed by atoms with Crippen LogP contribution >= 0.6 is 0 Å². The highest BCUT2D eigenvalue weighted by Gasteiger charge is 2.22. The van der Waals surface area contributed by atoms with E-state index in [2.05, 4.69) is 5.32 Å². The van der Waals surface area contributed by atoms with Crippen LogP contribution < -0.4 is 5.32 Å². The van der Waals surface area contributed by atoms with Gasteiger partial charge in [-0.3, -0.25) is 10.1 Å². The van der Waals surface area contributed by atoms with E-state index in [1.165, 1.54) is 0 Å². The SMILES string of the molecule is COCC(CN1CNCC1=O)OC. The first kappa shape index (κ1) is 10.4. The maximum atomic E-state index is 11.2. The highest BCUT2D eigenvalue weighted by atomic mass is 16.5. The second-order valence-corrected chi connectivity index (χ2v) is 3.01. The lowest BCUT2D eigenvalue weighted by Crippen LogP contribution is -2.37. The molecule has 0 radical (unpaired) electrons. The molecule has 1 aliphatic rings. The van der Waals surface area contributed by atoms with E-state index in [-0.39, 0.29) is 12.0 Å². The van der Waals surface area contributed by atoms with Gasteiger partial charge in [0.15, 0.2) is 0 Å². The predicted octanol–water partition coefficient (Wildman–Crippen LogP) is -0.963. The lowest BCUT2D eigenvalue weighted by atomic mass is 10.3. The first-order chi connectivity index (χ1) is 6.27. The van der Waals surface area contributed by atoms with Gasteiger partial charge in [0.25, 0.3) is 0 Å². The van der Waals surface area contributed by atoms with Crippen molar-refractivity contribution in [3.8, 4) is 0 Å². The molecule has 1 aliphatic heterocycles. The van der Waals surface area contributed by atoms with E-state index in [0.717, 1.165) is 0 Å². The van der Waals surface area contributed by atoms with E-state index < -0.39 is 0 Å². The van der Waals surface area contributed by atoms with Crippen molar-refractivity contribution in [3.05, 3.63) is 0 Å². The molecule has 1 amide bonds. The Morgan fingerprint density at radius 3 is 2.85 bits per heavy atom. The van der Waals surface area contributed by atoms with Gasteiger partial charge in [0.2, 0.25) is 5.91 Å². The summed E-state index contributed by atoms with van der Waals surface area (Å²) in [5.41, 5.74) is 0. The van der Waals surface area contributed by atoms with E-state index in [1.807, 2.05) is 0 Å². The predicted molar refractivity (Wildman–Crippen MR) is 47.3 cm³/mol. The van der Waals surface area contributed by atoms with Gasteiger partial charge in [-0.15, -0.1) is 0 Å². The van der Waals surface area contributed by atoms with Crippen LogP contribution in [0.15, 0.2) is 0 Å². The summed E-state index contributed by atoms with van der Waals surface area (Å²) in [5, 5.41) is 2.97. The van der Waals surface area contributed by atoms with Gasteiger partial charge in [-0.2, -0.15) is 0 Å². The summed E-state index contributed by atoms with van der Waals surface area (Å²) in [7, 11) is 3.24. The van der Waals surface area contributed by atoms with Crippen LogP contribution in [0.3, 0.4) is 0 Å². The van der Waals surface area contributed by atoms with Gasteiger partial charge >= 0.3 is 0 Å². The fourth-order valence-electron chi connectivity index (χ4n) is 1.29. The Balaban J connectivity index is 2.31. The monoisotopic (exact) mass is 188 g/mol. The van der Waals surface area contributed by atoms with Crippen molar-refractivity contribution < 1.29 is 14.3 Å². The van der Waals surface area contributed by atoms with Gasteiger partial charge in [-0.1, -0.05) is 0 Å². The molecule has 5 nitrogen and oxygen atoms in total. The van der Waals surface area contributed by atoms with Crippen molar-refractivity contribution in [1.82, 2.24) is 10.2 Å². The van der Waals surface area contributed by atoms with Crippen LogP contribution in [-0.4, -0.2) is 57.5 Å². The van der Waals surface area contributed by atoms with E-state index in [4.69, 9.17) is 9.47 Å². The van der Waals surface area contributed by atoms with Crippen molar-refractivity contribution in [2.45, 2.75) is 6.10 Å². The molecule has 1 rings (SSSR count). The first-order valence-electron chi connectivity index (χ1n) is 4.28. The van der Waals surface area contributed by atoms with Crippen LogP contribution in [0.5, 0.6) is 0 Å². The van der Waals surface area contributed by atoms with Gasteiger partial charge < -0.3 is 14.4 Å². The second kappa shape index (κ2) is 5.16. The van der Waals surface area contributed by atoms with Crippen LogP contribution in [0, 0.1) is 0 Å². The van der Waals surface area contributed by atoms with E-state index in [0.29, 0.717) is 26.4 Å². The Morgan fingerprint density at radius 1 is 1.62 bits per heavy atom. The minimum absolute atomic E-state index is 0.0335. The largest absolute Gasteiger partial charge is 0.382 e. The first-order valence-corrected chi connectivity index (χ1v) is 4.28. The number of ether oxygens (including phenoxy) is 2. The van der Waals surface area contributed by atoms with Crippen LogP contribution in [0.4, 0.5) is 0 Å². The second-order valence-electron chi connectivity index (χ2n) is 3.01. The van der Waals surface area contributed by atoms with Gasteiger partial charge in [0.05, 0.1) is 32.5 Å². The molecule has 0 aromatic rings. The number of methoxy groups -OCH3 is 2. The van der Waals surface area contributed by atoms with Crippen molar-refractivity contribution in [2.24, 2.45) is 0 Å². The molecule has 0 bridgehead atoms. The molecule has 1 fully saturated rings. The van der Waals surface area contributed by atoms with Crippen LogP contribution in [0.2, 0.25) is 0 Å². The third kappa shape index (κ3) is 2.95. The molecule has 1 atom stereocenters. The third-order valence-corrected chi connectivity index (χ3v) is 2.04. The molecule has 5 heteroatoms. The number of hydrogen-bond acceptors (Lipinski definition) is 4. The van der Waals surface area contributed by atoms with Crippen LogP contribution in [-0.2, 0) is 14.3 Å². The Kier molecular flexibility index (Phi) is 4.14. The zero-order valence-electron chi connectivity index (χ0n) is 8.08. The highest BCUT2D eigenvalue weighted by Crippen LogP contribution is 2.00. The summed E-state index contributed by atoms with van der Waals surface area (Å²) in [6, 6.07) is 0. The van der Waals surface area contributed by atoms with E-state index in [1.54, 1.807) is 19.1 Å². The quantitative estimate of drug-likeness (QED) is 0.603. The summed E-state index contributed by atoms with van der Waals surface area (Å²) in [5.74, 6) is 0.123. The smallest absolute Gasteiger partial charge is 0.237 e. The van der Waals surface area contributed by atoms with Crippen molar-refractivity contribution in [1.29, 1.82) is 0 Å². The van der Waals surface area contributed by atoms with Crippen LogP contribution in [0.25, 0.3) is 0 Å². The number of hydrogen-bond donors (Lipinski definition) is 1. The molecule has 1 saturated heterocycles. The van der Waals surface area contributed by atoms with E-state index >= 15 is 0 Å². The highest BCUT2D eigenvalue weighted by molar-refractivity contribution is 5.80. The molecule has 0 aromatic carbocycles. The average molecular weight is 188 g/mol. The van der Waals surface area contributed by atoms with Crippen LogP contribution in [0.1, 0.15) is 0 Å². The number of nitrogens with one attached hydrogen (secondary N) is 1. The molecule has 13 heavy (non-hydrogen) atoms. The zero-order chi connectivity index (χ0) is 9.68. The number of carbonyl (C=O) groups is 1. The fourth-order valence-corrected chi connectivity index (χ4v) is 1.29. The number of carbonyl (C=O) groups excluding carboxylic acids is 1. The van der Waals surface area contributed by atoms with Gasteiger partial charge in [0, 0.05) is 14.2 Å². The minimum atomic E-state index is -0.0335. The van der Waals surface area contributed by atoms with Gasteiger partial charge in [0.1, 0.15) is 0 Å². The lowest BCUT2D eigenvalue weighted by molar-refractivity contribution is -0.128. The maximum absolute atomic E-state index is 11.2. The molecule has 0 aromatic heterocycles. The Morgan fingerprint density at radius 2 is 2.38 bits per heavy atom. The number of amides is 1. The molecular weight excluding hydrogens is 172 g/mol. The standard InChI is InChI=1S/C8H16N2O3/c1-12-5-7(13-2)4-10-6-9-3-8(10)11/h7,9H,3-6H2,1-2H3. The average Bonchev–Trinajstić information content (AvgIpc) is 2.51. The third-order valence-electron chi connectivity index (χ3n) is 2.04.